The minimum atomic E-state index is -0.909. The lowest BCUT2D eigenvalue weighted by molar-refractivity contribution is -0.379. The Labute approximate surface area is 135 Å². The van der Waals surface area contributed by atoms with Gasteiger partial charge < -0.3 is 19.9 Å². The molecule has 0 aliphatic carbocycles. The fourth-order valence-corrected chi connectivity index (χ4v) is 3.48. The van der Waals surface area contributed by atoms with Crippen molar-refractivity contribution < 1.29 is 14.2 Å². The highest BCUT2D eigenvalue weighted by molar-refractivity contribution is 7.99. The summed E-state index contributed by atoms with van der Waals surface area (Å²) in [7, 11) is 4.97. The van der Waals surface area contributed by atoms with E-state index < -0.39 is 5.97 Å². The Hall–Kier alpha value is 0.190. The fourth-order valence-electron chi connectivity index (χ4n) is 2.65. The van der Waals surface area contributed by atoms with Crippen LogP contribution in [0.5, 0.6) is 0 Å². The van der Waals surface area contributed by atoms with Crippen LogP contribution in [0.15, 0.2) is 0 Å². The summed E-state index contributed by atoms with van der Waals surface area (Å²) < 4.78 is 16.7. The van der Waals surface area contributed by atoms with E-state index in [0.717, 1.165) is 30.9 Å². The van der Waals surface area contributed by atoms with Gasteiger partial charge in [-0.15, -0.1) is 0 Å². The van der Waals surface area contributed by atoms with Gasteiger partial charge in [0.25, 0.3) is 5.97 Å². The second-order valence-corrected chi connectivity index (χ2v) is 6.53. The molecule has 0 fully saturated rings. The monoisotopic (exact) mass is 321 g/mol. The summed E-state index contributed by atoms with van der Waals surface area (Å²) in [6, 6.07) is 0. The van der Waals surface area contributed by atoms with E-state index >= 15 is 0 Å². The molecule has 1 atom stereocenters. The Morgan fingerprint density at radius 2 is 1.52 bits per heavy atom. The van der Waals surface area contributed by atoms with Gasteiger partial charge in [-0.2, -0.15) is 11.8 Å². The van der Waals surface area contributed by atoms with Gasteiger partial charge in [-0.25, -0.2) is 0 Å². The van der Waals surface area contributed by atoms with E-state index in [9.17, 15) is 0 Å². The molecule has 2 N–H and O–H groups in total. The van der Waals surface area contributed by atoms with Crippen LogP contribution >= 0.6 is 11.8 Å². The first-order valence-corrected chi connectivity index (χ1v) is 9.29. The SMILES string of the molecule is CCCCCCCC(CCSCCN)C(OC)(OC)OC. The lowest BCUT2D eigenvalue weighted by atomic mass is 9.95. The maximum atomic E-state index is 5.56. The molecule has 0 aliphatic heterocycles. The Morgan fingerprint density at radius 3 is 2.05 bits per heavy atom. The second kappa shape index (κ2) is 13.8. The summed E-state index contributed by atoms with van der Waals surface area (Å²) in [4.78, 5) is 0. The van der Waals surface area contributed by atoms with Crippen LogP contribution in [0.3, 0.4) is 0 Å². The van der Waals surface area contributed by atoms with Crippen LogP contribution in [0.4, 0.5) is 0 Å². The van der Waals surface area contributed by atoms with Gasteiger partial charge in [0.1, 0.15) is 0 Å². The van der Waals surface area contributed by atoms with Crippen LogP contribution < -0.4 is 5.73 Å². The van der Waals surface area contributed by atoms with Crippen LogP contribution in [0.2, 0.25) is 0 Å². The first kappa shape index (κ1) is 21.2. The molecule has 0 aromatic rings. The van der Waals surface area contributed by atoms with Gasteiger partial charge in [0.15, 0.2) is 0 Å². The van der Waals surface area contributed by atoms with Crippen molar-refractivity contribution in [2.75, 3.05) is 39.4 Å². The van der Waals surface area contributed by atoms with E-state index in [1.54, 1.807) is 21.3 Å². The molecule has 0 spiro atoms. The smallest absolute Gasteiger partial charge is 0.285 e. The first-order valence-electron chi connectivity index (χ1n) is 8.13. The van der Waals surface area contributed by atoms with Crippen molar-refractivity contribution in [3.63, 3.8) is 0 Å². The molecule has 0 bridgehead atoms. The van der Waals surface area contributed by atoms with E-state index in [-0.39, 0.29) is 5.92 Å². The molecule has 0 rings (SSSR count). The molecule has 1 unspecified atom stereocenters. The number of hydrogen-bond acceptors (Lipinski definition) is 5. The zero-order chi connectivity index (χ0) is 16.0. The third kappa shape index (κ3) is 8.41. The number of unbranched alkanes of at least 4 members (excludes halogenated alkanes) is 4. The van der Waals surface area contributed by atoms with Crippen molar-refractivity contribution >= 4 is 11.8 Å². The van der Waals surface area contributed by atoms with E-state index in [4.69, 9.17) is 19.9 Å². The Balaban J connectivity index is 4.37. The van der Waals surface area contributed by atoms with Crippen molar-refractivity contribution in [2.24, 2.45) is 11.7 Å². The van der Waals surface area contributed by atoms with Crippen molar-refractivity contribution in [2.45, 2.75) is 57.8 Å². The molecular formula is C16H35NO3S. The predicted octanol–water partition coefficient (Wildman–Crippen LogP) is 3.64. The predicted molar refractivity (Wildman–Crippen MR) is 91.6 cm³/mol. The van der Waals surface area contributed by atoms with E-state index in [1.165, 1.54) is 32.1 Å². The van der Waals surface area contributed by atoms with Gasteiger partial charge in [0, 0.05) is 39.5 Å². The van der Waals surface area contributed by atoms with Gasteiger partial charge >= 0.3 is 0 Å². The average molecular weight is 322 g/mol. The maximum absolute atomic E-state index is 5.56. The second-order valence-electron chi connectivity index (χ2n) is 5.31. The summed E-state index contributed by atoms with van der Waals surface area (Å²) in [5, 5.41) is 0. The topological polar surface area (TPSA) is 53.7 Å². The normalized spacial score (nSPS) is 13.6. The fraction of sp³-hybridized carbons (Fsp3) is 1.00. The molecule has 0 heterocycles. The zero-order valence-electron chi connectivity index (χ0n) is 14.4. The first-order chi connectivity index (χ1) is 10.2. The molecule has 4 nitrogen and oxygen atoms in total. The summed E-state index contributed by atoms with van der Waals surface area (Å²) in [5.41, 5.74) is 5.54. The maximum Gasteiger partial charge on any atom is 0.285 e. The number of methoxy groups -OCH3 is 3. The van der Waals surface area contributed by atoms with Crippen LogP contribution in [-0.2, 0) is 14.2 Å². The third-order valence-corrected chi connectivity index (χ3v) is 4.93. The zero-order valence-corrected chi connectivity index (χ0v) is 15.2. The van der Waals surface area contributed by atoms with Gasteiger partial charge in [0.2, 0.25) is 0 Å². The summed E-state index contributed by atoms with van der Waals surface area (Å²) in [6.45, 7) is 2.97. The van der Waals surface area contributed by atoms with E-state index in [2.05, 4.69) is 6.92 Å². The molecule has 21 heavy (non-hydrogen) atoms. The van der Waals surface area contributed by atoms with Crippen molar-refractivity contribution in [1.82, 2.24) is 0 Å². The summed E-state index contributed by atoms with van der Waals surface area (Å²) in [5.74, 6) is 1.41. The van der Waals surface area contributed by atoms with E-state index in [1.807, 2.05) is 11.8 Å². The molecule has 0 amide bonds. The Kier molecular flexibility index (Phi) is 14.0. The van der Waals surface area contributed by atoms with Crippen LogP contribution in [0.25, 0.3) is 0 Å². The molecular weight excluding hydrogens is 286 g/mol. The summed E-state index contributed by atoms with van der Waals surface area (Å²) >= 11 is 1.88. The molecule has 0 aromatic heterocycles. The highest BCUT2D eigenvalue weighted by Crippen LogP contribution is 2.32. The van der Waals surface area contributed by atoms with Gasteiger partial charge in [-0.05, 0) is 18.6 Å². The Bertz CT molecular complexity index is 217. The van der Waals surface area contributed by atoms with Crippen LogP contribution in [0, 0.1) is 5.92 Å². The van der Waals surface area contributed by atoms with E-state index in [0.29, 0.717) is 0 Å². The average Bonchev–Trinajstić information content (AvgIpc) is 2.52. The largest absolute Gasteiger partial charge is 0.331 e. The molecule has 128 valence electrons. The van der Waals surface area contributed by atoms with Crippen LogP contribution in [0.1, 0.15) is 51.9 Å². The number of rotatable bonds is 15. The molecule has 5 heteroatoms. The highest BCUT2D eigenvalue weighted by atomic mass is 32.2. The standard InChI is InChI=1S/C16H35NO3S/c1-5-6-7-8-9-10-15(11-13-21-14-12-17)16(18-2,19-3)20-4/h15H,5-14,17H2,1-4H3. The molecule has 0 aromatic carbocycles. The van der Waals surface area contributed by atoms with Gasteiger partial charge in [0.05, 0.1) is 0 Å². The number of thioether (sulfide) groups is 1. The summed E-state index contributed by atoms with van der Waals surface area (Å²) in [6.07, 6.45) is 8.47. The van der Waals surface area contributed by atoms with Crippen molar-refractivity contribution in [3.05, 3.63) is 0 Å². The minimum Gasteiger partial charge on any atom is -0.331 e. The molecule has 0 radical (unpaired) electrons. The lowest BCUT2D eigenvalue weighted by Gasteiger charge is -2.36. The number of hydrogen-bond donors (Lipinski definition) is 1. The quantitative estimate of drug-likeness (QED) is 0.369. The third-order valence-electron chi connectivity index (χ3n) is 3.88. The van der Waals surface area contributed by atoms with Crippen molar-refractivity contribution in [1.29, 1.82) is 0 Å². The minimum absolute atomic E-state index is 0.254. The molecule has 0 aliphatic rings. The van der Waals surface area contributed by atoms with Crippen LogP contribution in [-0.4, -0.2) is 45.4 Å². The van der Waals surface area contributed by atoms with Crippen molar-refractivity contribution in [3.8, 4) is 0 Å². The Morgan fingerprint density at radius 1 is 0.905 bits per heavy atom. The van der Waals surface area contributed by atoms with Gasteiger partial charge in [-0.3, -0.25) is 0 Å². The molecule has 0 saturated carbocycles. The number of nitrogens with two attached hydrogens (primary N) is 1. The lowest BCUT2D eigenvalue weighted by Crippen LogP contribution is -2.44. The number of ether oxygens (including phenoxy) is 3. The van der Waals surface area contributed by atoms with Gasteiger partial charge in [-0.1, -0.05) is 39.0 Å². The molecule has 0 saturated heterocycles. The highest BCUT2D eigenvalue weighted by Gasteiger charge is 2.39.